The number of nitrogens with zero attached hydrogens (tertiary/aromatic N) is 1. The molecule has 1 fully saturated rings. The lowest BCUT2D eigenvalue weighted by atomic mass is 9.80. The van der Waals surface area contributed by atoms with Crippen LogP contribution in [0, 0.1) is 5.92 Å². The number of carbonyl (C=O) groups is 3. The third-order valence-corrected chi connectivity index (χ3v) is 11.8. The number of benzene rings is 1. The minimum Gasteiger partial charge on any atom is -0.407 e. The molecule has 0 saturated heterocycles. The maximum Gasteiger partial charge on any atom is 0.280 e. The summed E-state index contributed by atoms with van der Waals surface area (Å²) in [6.45, 7) is 10.3. The Bertz CT molecular complexity index is 997. The highest BCUT2D eigenvalue weighted by molar-refractivity contribution is 7.17. The summed E-state index contributed by atoms with van der Waals surface area (Å²) in [5, 5.41) is 3.33. The van der Waals surface area contributed by atoms with Gasteiger partial charge in [-0.15, -0.1) is 11.3 Å². The summed E-state index contributed by atoms with van der Waals surface area (Å²) in [6.07, 6.45) is 2.74. The summed E-state index contributed by atoms with van der Waals surface area (Å²) >= 11 is 1.34. The van der Waals surface area contributed by atoms with Gasteiger partial charge in [-0.3, -0.25) is 25.2 Å². The number of carbonyl (C=O) groups excluding carboxylic acids is 3. The second-order valence-corrected chi connectivity index (χ2v) is 15.7. The molecule has 1 heterocycles. The van der Waals surface area contributed by atoms with E-state index in [2.05, 4.69) is 55.0 Å². The maximum atomic E-state index is 12.5. The highest BCUT2D eigenvalue weighted by Crippen LogP contribution is 2.36. The molecule has 0 aliphatic heterocycles. The van der Waals surface area contributed by atoms with Crippen LogP contribution in [-0.2, 0) is 14.0 Å². The summed E-state index contributed by atoms with van der Waals surface area (Å²) in [4.78, 5) is 41.9. The fourth-order valence-electron chi connectivity index (χ4n) is 3.04. The molecule has 178 valence electrons. The SMILES string of the molecule is CC(C)(C)[Si](C)(C)OCC(=O)NNC(=O)[C@H]1C[C@H](NC(=O)c2ncc(-c3ccccc3)s2)C1. The molecule has 1 aromatic heterocycles. The first-order valence-electron chi connectivity index (χ1n) is 11.0. The molecule has 0 bridgehead atoms. The molecule has 33 heavy (non-hydrogen) atoms. The number of hydrogen-bond acceptors (Lipinski definition) is 6. The van der Waals surface area contributed by atoms with Crippen molar-refractivity contribution >= 4 is 37.4 Å². The molecule has 3 amide bonds. The normalized spacial score (nSPS) is 18.2. The van der Waals surface area contributed by atoms with Gasteiger partial charge in [0.1, 0.15) is 6.61 Å². The van der Waals surface area contributed by atoms with Crippen molar-refractivity contribution in [2.45, 2.75) is 57.8 Å². The van der Waals surface area contributed by atoms with Gasteiger partial charge in [0.05, 0.1) is 4.88 Å². The molecule has 1 aliphatic rings. The van der Waals surface area contributed by atoms with Crippen LogP contribution in [-0.4, -0.2) is 43.7 Å². The summed E-state index contributed by atoms with van der Waals surface area (Å²) in [5.74, 6) is -1.13. The lowest BCUT2D eigenvalue weighted by molar-refractivity contribution is -0.134. The zero-order chi connectivity index (χ0) is 24.2. The molecular weight excluding hydrogens is 456 g/mol. The van der Waals surface area contributed by atoms with Crippen molar-refractivity contribution in [1.29, 1.82) is 0 Å². The van der Waals surface area contributed by atoms with Gasteiger partial charge in [-0.2, -0.15) is 0 Å². The van der Waals surface area contributed by atoms with Crippen LogP contribution in [0.25, 0.3) is 10.4 Å². The van der Waals surface area contributed by atoms with Gasteiger partial charge in [0.15, 0.2) is 13.3 Å². The van der Waals surface area contributed by atoms with Gasteiger partial charge in [0, 0.05) is 18.2 Å². The molecule has 0 spiro atoms. The van der Waals surface area contributed by atoms with Crippen molar-refractivity contribution in [1.82, 2.24) is 21.2 Å². The van der Waals surface area contributed by atoms with Crippen molar-refractivity contribution in [3.8, 4) is 10.4 Å². The number of rotatable bonds is 7. The van der Waals surface area contributed by atoms with Gasteiger partial charge in [-0.25, -0.2) is 4.98 Å². The zero-order valence-corrected chi connectivity index (χ0v) is 21.5. The Morgan fingerprint density at radius 1 is 1.12 bits per heavy atom. The van der Waals surface area contributed by atoms with Crippen LogP contribution in [0.2, 0.25) is 18.1 Å². The van der Waals surface area contributed by atoms with Gasteiger partial charge in [0.2, 0.25) is 5.91 Å². The van der Waals surface area contributed by atoms with Crippen molar-refractivity contribution in [3.63, 3.8) is 0 Å². The first kappa shape index (κ1) is 25.1. The minimum absolute atomic E-state index is 0.00362. The first-order valence-corrected chi connectivity index (χ1v) is 14.7. The molecule has 2 aromatic rings. The third kappa shape index (κ3) is 6.49. The molecule has 1 saturated carbocycles. The van der Waals surface area contributed by atoms with Crippen LogP contribution in [0.4, 0.5) is 0 Å². The van der Waals surface area contributed by atoms with Crippen molar-refractivity contribution in [2.75, 3.05) is 6.61 Å². The van der Waals surface area contributed by atoms with Gasteiger partial charge >= 0.3 is 0 Å². The van der Waals surface area contributed by atoms with Gasteiger partial charge in [-0.1, -0.05) is 51.1 Å². The van der Waals surface area contributed by atoms with Crippen LogP contribution in [0.3, 0.4) is 0 Å². The van der Waals surface area contributed by atoms with E-state index in [1.54, 1.807) is 6.20 Å². The molecule has 8 nitrogen and oxygen atoms in total. The van der Waals surface area contributed by atoms with Gasteiger partial charge in [0.25, 0.3) is 11.8 Å². The minimum atomic E-state index is -2.03. The van der Waals surface area contributed by atoms with Gasteiger partial charge in [-0.05, 0) is 36.5 Å². The number of hydrazine groups is 1. The predicted molar refractivity (Wildman–Crippen MR) is 131 cm³/mol. The molecule has 3 N–H and O–H groups in total. The average Bonchev–Trinajstić information content (AvgIpc) is 3.23. The lowest BCUT2D eigenvalue weighted by Gasteiger charge is -2.36. The fourth-order valence-corrected chi connectivity index (χ4v) is 4.79. The van der Waals surface area contributed by atoms with Crippen molar-refractivity contribution < 1.29 is 18.8 Å². The Kier molecular flexibility index (Phi) is 7.71. The summed E-state index contributed by atoms with van der Waals surface area (Å²) in [7, 11) is -2.03. The molecule has 0 atom stereocenters. The van der Waals surface area contributed by atoms with Crippen LogP contribution < -0.4 is 16.2 Å². The van der Waals surface area contributed by atoms with E-state index in [1.165, 1.54) is 11.3 Å². The van der Waals surface area contributed by atoms with Gasteiger partial charge < -0.3 is 9.74 Å². The Morgan fingerprint density at radius 2 is 1.79 bits per heavy atom. The van der Waals surface area contributed by atoms with Crippen molar-refractivity contribution in [3.05, 3.63) is 41.5 Å². The number of aromatic nitrogens is 1. The number of amides is 3. The van der Waals surface area contributed by atoms with E-state index in [1.807, 2.05) is 30.3 Å². The average molecular weight is 489 g/mol. The van der Waals surface area contributed by atoms with Crippen LogP contribution in [0.5, 0.6) is 0 Å². The Morgan fingerprint density at radius 3 is 2.42 bits per heavy atom. The number of hydrogen-bond donors (Lipinski definition) is 3. The highest BCUT2D eigenvalue weighted by Gasteiger charge is 2.38. The Labute approximate surface area is 199 Å². The second kappa shape index (κ2) is 10.1. The van der Waals surface area contributed by atoms with E-state index in [-0.39, 0.29) is 41.3 Å². The molecule has 3 rings (SSSR count). The summed E-state index contributed by atoms with van der Waals surface area (Å²) in [6, 6.07) is 9.69. The molecule has 0 radical (unpaired) electrons. The van der Waals surface area contributed by atoms with Crippen LogP contribution >= 0.6 is 11.3 Å². The smallest absolute Gasteiger partial charge is 0.280 e. The maximum absolute atomic E-state index is 12.5. The number of thiazole rings is 1. The molecule has 1 aromatic carbocycles. The van der Waals surface area contributed by atoms with Crippen molar-refractivity contribution in [2.24, 2.45) is 5.92 Å². The quantitative estimate of drug-likeness (QED) is 0.408. The van der Waals surface area contributed by atoms with E-state index < -0.39 is 8.32 Å². The van der Waals surface area contributed by atoms with Crippen LogP contribution in [0.15, 0.2) is 36.5 Å². The van der Waals surface area contributed by atoms with E-state index >= 15 is 0 Å². The monoisotopic (exact) mass is 488 g/mol. The zero-order valence-electron chi connectivity index (χ0n) is 19.7. The summed E-state index contributed by atoms with van der Waals surface area (Å²) in [5.41, 5.74) is 5.90. The molecule has 10 heteroatoms. The van der Waals surface area contributed by atoms with E-state index in [9.17, 15) is 14.4 Å². The topological polar surface area (TPSA) is 109 Å². The second-order valence-electron chi connectivity index (χ2n) is 9.82. The standard InChI is InChI=1S/C23H32N4O4SSi/c1-23(2,3)33(4,5)31-14-19(28)26-27-20(29)16-11-17(12-16)25-21(30)22-24-13-18(32-22)15-9-7-6-8-10-15/h6-10,13,16-17H,11-12,14H2,1-5H3,(H,25,30)(H,26,28)(H,27,29)/t16-,17-. The van der Waals surface area contributed by atoms with E-state index in [4.69, 9.17) is 4.43 Å². The first-order chi connectivity index (χ1) is 15.5. The third-order valence-electron chi connectivity index (χ3n) is 6.30. The Hall–Kier alpha value is -2.56. The fraction of sp³-hybridized carbons (Fsp3) is 0.478. The highest BCUT2D eigenvalue weighted by atomic mass is 32.1. The Balaban J connectivity index is 1.37. The molecule has 1 aliphatic carbocycles. The van der Waals surface area contributed by atoms with Crippen LogP contribution in [0.1, 0.15) is 43.4 Å². The molecule has 0 unspecified atom stereocenters. The molecular formula is C23H32N4O4SSi. The number of nitrogens with one attached hydrogen (secondary N) is 3. The lowest BCUT2D eigenvalue weighted by Crippen LogP contribution is -2.53. The summed E-state index contributed by atoms with van der Waals surface area (Å²) < 4.78 is 5.84. The predicted octanol–water partition coefficient (Wildman–Crippen LogP) is 3.49. The largest absolute Gasteiger partial charge is 0.407 e. The van der Waals surface area contributed by atoms with E-state index in [0.717, 1.165) is 10.4 Å². The van der Waals surface area contributed by atoms with E-state index in [0.29, 0.717) is 17.8 Å².